The Morgan fingerprint density at radius 3 is 2.36 bits per heavy atom. The van der Waals surface area contributed by atoms with Gasteiger partial charge in [0, 0.05) is 18.5 Å². The van der Waals surface area contributed by atoms with Crippen LogP contribution in [-0.2, 0) is 16.4 Å². The molecule has 0 amide bonds. The lowest BCUT2D eigenvalue weighted by molar-refractivity contribution is 0.340. The fourth-order valence-corrected chi connectivity index (χ4v) is 3.58. The smallest absolute Gasteiger partial charge is 0.240 e. The molecular weight excluding hydrogens is 380 g/mol. The largest absolute Gasteiger partial charge is 0.497 e. The fourth-order valence-electron chi connectivity index (χ4n) is 2.55. The molecule has 0 unspecified atom stereocenters. The third-order valence-electron chi connectivity index (χ3n) is 3.98. The van der Waals surface area contributed by atoms with E-state index in [9.17, 15) is 8.42 Å². The van der Waals surface area contributed by atoms with Gasteiger partial charge in [-0.1, -0.05) is 0 Å². The average molecular weight is 402 g/mol. The number of hydrogen-bond acceptors (Lipinski definition) is 6. The monoisotopic (exact) mass is 402 g/mol. The predicted molar refractivity (Wildman–Crippen MR) is 105 cm³/mol. The van der Waals surface area contributed by atoms with Gasteiger partial charge in [-0.2, -0.15) is 5.10 Å². The number of methoxy groups -OCH3 is 1. The molecule has 28 heavy (non-hydrogen) atoms. The molecule has 0 fully saturated rings. The molecule has 9 heteroatoms. The standard InChI is InChI=1S/C19H22N4O4S/c1-3-27-16-8-10-17(11-9-16)28(24,25)20-13-12-18-21-19(23-22-18)14-4-6-15(26-2)7-5-14/h4-11,20H,3,12-13H2,1-2H3,(H,21,22,23). The van der Waals surface area contributed by atoms with Crippen molar-refractivity contribution >= 4 is 10.0 Å². The fraction of sp³-hybridized carbons (Fsp3) is 0.263. The molecule has 3 rings (SSSR count). The van der Waals surface area contributed by atoms with Crippen molar-refractivity contribution in [3.05, 3.63) is 54.4 Å². The van der Waals surface area contributed by atoms with Crippen LogP contribution in [0.5, 0.6) is 11.5 Å². The Kier molecular flexibility index (Phi) is 6.27. The molecule has 1 aromatic heterocycles. The van der Waals surface area contributed by atoms with Gasteiger partial charge in [-0.25, -0.2) is 18.1 Å². The number of aromatic amines is 1. The highest BCUT2D eigenvalue weighted by molar-refractivity contribution is 7.89. The lowest BCUT2D eigenvalue weighted by Crippen LogP contribution is -2.26. The van der Waals surface area contributed by atoms with Crippen molar-refractivity contribution in [2.75, 3.05) is 20.3 Å². The minimum absolute atomic E-state index is 0.187. The number of rotatable bonds is 9. The maximum absolute atomic E-state index is 12.4. The lowest BCUT2D eigenvalue weighted by Gasteiger charge is -2.07. The van der Waals surface area contributed by atoms with Gasteiger partial charge in [0.1, 0.15) is 17.3 Å². The Balaban J connectivity index is 1.57. The van der Waals surface area contributed by atoms with Gasteiger partial charge in [-0.3, -0.25) is 5.10 Å². The van der Waals surface area contributed by atoms with E-state index in [2.05, 4.69) is 19.9 Å². The third-order valence-corrected chi connectivity index (χ3v) is 5.46. The van der Waals surface area contributed by atoms with Crippen LogP contribution < -0.4 is 14.2 Å². The van der Waals surface area contributed by atoms with Gasteiger partial charge in [0.25, 0.3) is 0 Å². The van der Waals surface area contributed by atoms with E-state index in [1.807, 2.05) is 31.2 Å². The first-order valence-electron chi connectivity index (χ1n) is 8.80. The van der Waals surface area contributed by atoms with Crippen LogP contribution in [0.4, 0.5) is 0 Å². The molecule has 0 saturated carbocycles. The van der Waals surface area contributed by atoms with Crippen molar-refractivity contribution in [2.45, 2.75) is 18.2 Å². The van der Waals surface area contributed by atoms with E-state index in [0.717, 1.165) is 11.3 Å². The van der Waals surface area contributed by atoms with Crippen LogP contribution in [0, 0.1) is 0 Å². The van der Waals surface area contributed by atoms with Crippen LogP contribution >= 0.6 is 0 Å². The zero-order valence-corrected chi connectivity index (χ0v) is 16.5. The van der Waals surface area contributed by atoms with Gasteiger partial charge in [-0.15, -0.1) is 0 Å². The summed E-state index contributed by atoms with van der Waals surface area (Å²) in [6.45, 7) is 2.60. The molecule has 0 aliphatic rings. The van der Waals surface area contributed by atoms with Crippen LogP contribution in [0.3, 0.4) is 0 Å². The summed E-state index contributed by atoms with van der Waals surface area (Å²) in [6, 6.07) is 13.7. The van der Waals surface area contributed by atoms with E-state index in [1.165, 1.54) is 12.1 Å². The summed E-state index contributed by atoms with van der Waals surface area (Å²) in [5.41, 5.74) is 0.846. The molecule has 3 aromatic rings. The zero-order valence-electron chi connectivity index (χ0n) is 15.7. The summed E-state index contributed by atoms with van der Waals surface area (Å²) in [7, 11) is -1.99. The maximum Gasteiger partial charge on any atom is 0.240 e. The van der Waals surface area contributed by atoms with E-state index in [1.54, 1.807) is 19.2 Å². The Morgan fingerprint density at radius 1 is 1.04 bits per heavy atom. The molecule has 8 nitrogen and oxygen atoms in total. The molecule has 1 heterocycles. The number of aromatic nitrogens is 3. The third kappa shape index (κ3) is 4.87. The van der Waals surface area contributed by atoms with Gasteiger partial charge >= 0.3 is 0 Å². The minimum atomic E-state index is -3.60. The lowest BCUT2D eigenvalue weighted by atomic mass is 10.2. The summed E-state index contributed by atoms with van der Waals surface area (Å²) >= 11 is 0. The molecule has 2 N–H and O–H groups in total. The van der Waals surface area contributed by atoms with Crippen molar-refractivity contribution in [1.82, 2.24) is 19.9 Å². The number of benzene rings is 2. The second-order valence-corrected chi connectivity index (χ2v) is 7.65. The number of sulfonamides is 1. The SMILES string of the molecule is CCOc1ccc(S(=O)(=O)NCCc2nc(-c3ccc(OC)cc3)n[nH]2)cc1. The topological polar surface area (TPSA) is 106 Å². The molecule has 0 atom stereocenters. The highest BCUT2D eigenvalue weighted by Gasteiger charge is 2.14. The second kappa shape index (κ2) is 8.85. The van der Waals surface area contributed by atoms with Crippen molar-refractivity contribution in [1.29, 1.82) is 0 Å². The Hall–Kier alpha value is -2.91. The molecular formula is C19H22N4O4S. The van der Waals surface area contributed by atoms with Crippen molar-refractivity contribution in [3.63, 3.8) is 0 Å². The van der Waals surface area contributed by atoms with E-state index < -0.39 is 10.0 Å². The predicted octanol–water partition coefficient (Wildman–Crippen LogP) is 2.40. The van der Waals surface area contributed by atoms with Crippen LogP contribution in [0.2, 0.25) is 0 Å². The van der Waals surface area contributed by atoms with E-state index in [-0.39, 0.29) is 11.4 Å². The van der Waals surface area contributed by atoms with Crippen LogP contribution in [-0.4, -0.2) is 43.9 Å². The molecule has 0 spiro atoms. The molecule has 0 aliphatic carbocycles. The van der Waals surface area contributed by atoms with Crippen molar-refractivity contribution in [3.8, 4) is 22.9 Å². The van der Waals surface area contributed by atoms with Crippen molar-refractivity contribution in [2.24, 2.45) is 0 Å². The maximum atomic E-state index is 12.4. The molecule has 0 bridgehead atoms. The van der Waals surface area contributed by atoms with Crippen molar-refractivity contribution < 1.29 is 17.9 Å². The summed E-state index contributed by atoms with van der Waals surface area (Å²) in [5, 5.41) is 7.01. The minimum Gasteiger partial charge on any atom is -0.497 e. The Bertz CT molecular complexity index is 999. The van der Waals surface area contributed by atoms with E-state index >= 15 is 0 Å². The van der Waals surface area contributed by atoms with Crippen LogP contribution in [0.1, 0.15) is 12.7 Å². The second-order valence-electron chi connectivity index (χ2n) is 5.89. The summed E-state index contributed by atoms with van der Waals surface area (Å²) in [6.07, 6.45) is 0.388. The van der Waals surface area contributed by atoms with Gasteiger partial charge in [0.15, 0.2) is 5.82 Å². The molecule has 0 radical (unpaired) electrons. The number of ether oxygens (including phenoxy) is 2. The van der Waals surface area contributed by atoms with Gasteiger partial charge in [0.05, 0.1) is 18.6 Å². The van der Waals surface area contributed by atoms with E-state index in [0.29, 0.717) is 30.4 Å². The first kappa shape index (κ1) is 19.8. The van der Waals surface area contributed by atoms with Crippen LogP contribution in [0.15, 0.2) is 53.4 Å². The molecule has 0 aliphatic heterocycles. The molecule has 148 valence electrons. The van der Waals surface area contributed by atoms with Crippen LogP contribution in [0.25, 0.3) is 11.4 Å². The van der Waals surface area contributed by atoms with Gasteiger partial charge in [0.2, 0.25) is 10.0 Å². The Morgan fingerprint density at radius 2 is 1.71 bits per heavy atom. The quantitative estimate of drug-likeness (QED) is 0.569. The Labute approximate surface area is 164 Å². The molecule has 0 saturated heterocycles. The average Bonchev–Trinajstić information content (AvgIpc) is 3.17. The first-order chi connectivity index (χ1) is 13.5. The van der Waals surface area contributed by atoms with Gasteiger partial charge in [-0.05, 0) is 55.5 Å². The highest BCUT2D eigenvalue weighted by atomic mass is 32.2. The highest BCUT2D eigenvalue weighted by Crippen LogP contribution is 2.19. The number of hydrogen-bond donors (Lipinski definition) is 2. The number of H-pyrrole nitrogens is 1. The zero-order chi connectivity index (χ0) is 20.0. The van der Waals surface area contributed by atoms with Gasteiger partial charge < -0.3 is 9.47 Å². The normalized spacial score (nSPS) is 11.4. The summed E-state index contributed by atoms with van der Waals surface area (Å²) < 4.78 is 37.8. The number of nitrogens with zero attached hydrogens (tertiary/aromatic N) is 2. The first-order valence-corrected chi connectivity index (χ1v) is 10.3. The summed E-state index contributed by atoms with van der Waals surface area (Å²) in [5.74, 6) is 2.53. The van der Waals surface area contributed by atoms with E-state index in [4.69, 9.17) is 9.47 Å². The number of nitrogens with one attached hydrogen (secondary N) is 2. The molecule has 2 aromatic carbocycles. The summed E-state index contributed by atoms with van der Waals surface area (Å²) in [4.78, 5) is 4.59.